The summed E-state index contributed by atoms with van der Waals surface area (Å²) in [6.45, 7) is 10.4. The van der Waals surface area contributed by atoms with Crippen molar-refractivity contribution in [2.45, 2.75) is 31.7 Å². The highest BCUT2D eigenvalue weighted by atomic mass is 28.4. The van der Waals surface area contributed by atoms with Crippen LogP contribution in [-0.4, -0.2) is 13.9 Å². The molecule has 0 radical (unpaired) electrons. The van der Waals surface area contributed by atoms with Crippen LogP contribution < -0.4 is 0 Å². The molecule has 1 aliphatic rings. The van der Waals surface area contributed by atoms with E-state index in [0.717, 1.165) is 6.42 Å². The lowest BCUT2D eigenvalue weighted by molar-refractivity contribution is 0.165. The monoisotopic (exact) mass is 194 g/mol. The van der Waals surface area contributed by atoms with Crippen LogP contribution in [-0.2, 0) is 4.43 Å². The van der Waals surface area contributed by atoms with Crippen molar-refractivity contribution in [2.24, 2.45) is 0 Å². The summed E-state index contributed by atoms with van der Waals surface area (Å²) >= 11 is 0. The fourth-order valence-electron chi connectivity index (χ4n) is 1.46. The van der Waals surface area contributed by atoms with Gasteiger partial charge in [-0.2, -0.15) is 0 Å². The van der Waals surface area contributed by atoms with Gasteiger partial charge in [0.15, 0.2) is 8.32 Å². The van der Waals surface area contributed by atoms with Crippen molar-refractivity contribution in [3.63, 3.8) is 0 Å². The molecule has 0 amide bonds. The number of hydrogen-bond donors (Lipinski definition) is 0. The molecule has 2 heteroatoms. The van der Waals surface area contributed by atoms with Gasteiger partial charge in [-0.25, -0.2) is 0 Å². The first-order valence-corrected chi connectivity index (χ1v) is 8.06. The highest BCUT2D eigenvalue weighted by Gasteiger charge is 2.30. The second-order valence-corrected chi connectivity index (χ2v) is 8.79. The van der Waals surface area contributed by atoms with E-state index in [9.17, 15) is 0 Å². The predicted molar refractivity (Wildman–Crippen MR) is 60.3 cm³/mol. The van der Waals surface area contributed by atoms with E-state index in [1.165, 1.54) is 0 Å². The zero-order valence-electron chi connectivity index (χ0n) is 8.71. The lowest BCUT2D eigenvalue weighted by Gasteiger charge is -2.34. The van der Waals surface area contributed by atoms with E-state index in [2.05, 4.69) is 44.4 Å². The lowest BCUT2D eigenvalue weighted by atomic mass is 9.96. The van der Waals surface area contributed by atoms with Gasteiger partial charge in [-0.05, 0) is 25.7 Å². The Kier molecular flexibility index (Phi) is 2.93. The summed E-state index contributed by atoms with van der Waals surface area (Å²) < 4.78 is 6.10. The van der Waals surface area contributed by atoms with E-state index in [0.29, 0.717) is 0 Å². The van der Waals surface area contributed by atoms with Crippen molar-refractivity contribution in [3.05, 3.63) is 37.0 Å². The number of allylic oxidation sites excluding steroid dienone is 2. The maximum atomic E-state index is 6.10. The largest absolute Gasteiger partial charge is 0.405 e. The van der Waals surface area contributed by atoms with E-state index < -0.39 is 8.32 Å². The second kappa shape index (κ2) is 3.64. The first kappa shape index (κ1) is 10.5. The Bertz CT molecular complexity index is 247. The Labute approximate surface area is 81.9 Å². The molecule has 1 unspecified atom stereocenters. The van der Waals surface area contributed by atoms with Crippen LogP contribution in [0.5, 0.6) is 0 Å². The van der Waals surface area contributed by atoms with Gasteiger partial charge < -0.3 is 4.43 Å². The summed E-state index contributed by atoms with van der Waals surface area (Å²) in [7, 11) is -1.49. The van der Waals surface area contributed by atoms with Gasteiger partial charge in [-0.15, -0.1) is 0 Å². The molecule has 0 fully saturated rings. The molecule has 1 nitrogen and oxygen atoms in total. The van der Waals surface area contributed by atoms with E-state index in [1.807, 2.05) is 12.2 Å². The molecule has 0 saturated heterocycles. The van der Waals surface area contributed by atoms with Crippen molar-refractivity contribution >= 4 is 8.32 Å². The molecule has 0 heterocycles. The van der Waals surface area contributed by atoms with Crippen LogP contribution in [0.25, 0.3) is 0 Å². The van der Waals surface area contributed by atoms with Gasteiger partial charge in [0.1, 0.15) is 0 Å². The van der Waals surface area contributed by atoms with E-state index in [-0.39, 0.29) is 5.60 Å². The minimum atomic E-state index is -1.49. The topological polar surface area (TPSA) is 9.23 Å². The quantitative estimate of drug-likeness (QED) is 0.495. The molecule has 0 bridgehead atoms. The molecule has 0 spiro atoms. The smallest absolute Gasteiger partial charge is 0.185 e. The van der Waals surface area contributed by atoms with Crippen molar-refractivity contribution in [1.82, 2.24) is 0 Å². The number of rotatable bonds is 3. The Hall–Kier alpha value is -0.603. The normalized spacial score (nSPS) is 27.6. The Morgan fingerprint density at radius 2 is 2.08 bits per heavy atom. The van der Waals surface area contributed by atoms with Gasteiger partial charge in [0.25, 0.3) is 0 Å². The molecule has 0 saturated carbocycles. The molecule has 72 valence electrons. The molecule has 13 heavy (non-hydrogen) atoms. The Morgan fingerprint density at radius 1 is 1.38 bits per heavy atom. The summed E-state index contributed by atoms with van der Waals surface area (Å²) in [5.41, 5.74) is -0.237. The van der Waals surface area contributed by atoms with Crippen molar-refractivity contribution in [3.8, 4) is 0 Å². The molecular weight excluding hydrogens is 176 g/mol. The molecule has 0 aromatic rings. The standard InChI is InChI=1S/C11H18OSi/c1-5-11(12-13(2,3)4)9-7-6-8-10-11/h5-9H,1,10H2,2-4H3. The second-order valence-electron chi connectivity index (χ2n) is 4.36. The maximum absolute atomic E-state index is 6.10. The summed E-state index contributed by atoms with van der Waals surface area (Å²) in [5.74, 6) is 0. The van der Waals surface area contributed by atoms with Crippen LogP contribution in [0.3, 0.4) is 0 Å². The summed E-state index contributed by atoms with van der Waals surface area (Å²) in [6, 6.07) is 0. The molecule has 1 atom stereocenters. The average molecular weight is 194 g/mol. The summed E-state index contributed by atoms with van der Waals surface area (Å²) in [6.07, 6.45) is 11.1. The molecular formula is C11H18OSi. The fraction of sp³-hybridized carbons (Fsp3) is 0.455. The van der Waals surface area contributed by atoms with E-state index in [4.69, 9.17) is 4.43 Å². The van der Waals surface area contributed by atoms with Crippen LogP contribution >= 0.6 is 0 Å². The third kappa shape index (κ3) is 2.97. The molecule has 0 aromatic carbocycles. The first-order valence-electron chi connectivity index (χ1n) is 4.66. The Balaban J connectivity index is 2.77. The van der Waals surface area contributed by atoms with Crippen molar-refractivity contribution < 1.29 is 4.43 Å². The van der Waals surface area contributed by atoms with Crippen LogP contribution in [0.4, 0.5) is 0 Å². The fourth-order valence-corrected chi connectivity index (χ4v) is 2.83. The average Bonchev–Trinajstić information content (AvgIpc) is 2.03. The highest BCUT2D eigenvalue weighted by molar-refractivity contribution is 6.69. The number of hydrogen-bond acceptors (Lipinski definition) is 1. The SMILES string of the molecule is C=CC1(O[Si](C)(C)C)C=CC=CC1. The first-order chi connectivity index (χ1) is 5.97. The van der Waals surface area contributed by atoms with Gasteiger partial charge in [0.05, 0.1) is 5.60 Å². The van der Waals surface area contributed by atoms with Crippen molar-refractivity contribution in [1.29, 1.82) is 0 Å². The van der Waals surface area contributed by atoms with Crippen LogP contribution in [0.15, 0.2) is 37.0 Å². The van der Waals surface area contributed by atoms with Gasteiger partial charge in [0.2, 0.25) is 0 Å². The molecule has 0 aliphatic heterocycles. The summed E-state index contributed by atoms with van der Waals surface area (Å²) in [5, 5.41) is 0. The maximum Gasteiger partial charge on any atom is 0.185 e. The zero-order valence-corrected chi connectivity index (χ0v) is 9.71. The molecule has 0 aromatic heterocycles. The lowest BCUT2D eigenvalue weighted by Crippen LogP contribution is -2.40. The Morgan fingerprint density at radius 3 is 2.46 bits per heavy atom. The van der Waals surface area contributed by atoms with Crippen molar-refractivity contribution in [2.75, 3.05) is 0 Å². The predicted octanol–water partition coefficient (Wildman–Crippen LogP) is 3.28. The van der Waals surface area contributed by atoms with Crippen LogP contribution in [0.2, 0.25) is 19.6 Å². The summed E-state index contributed by atoms with van der Waals surface area (Å²) in [4.78, 5) is 0. The van der Waals surface area contributed by atoms with E-state index in [1.54, 1.807) is 0 Å². The van der Waals surface area contributed by atoms with E-state index >= 15 is 0 Å². The minimum Gasteiger partial charge on any atom is -0.405 e. The van der Waals surface area contributed by atoms with Gasteiger partial charge >= 0.3 is 0 Å². The van der Waals surface area contributed by atoms with Gasteiger partial charge in [-0.3, -0.25) is 0 Å². The molecule has 1 rings (SSSR count). The molecule has 0 N–H and O–H groups in total. The van der Waals surface area contributed by atoms with Gasteiger partial charge in [0, 0.05) is 6.42 Å². The van der Waals surface area contributed by atoms with Crippen LogP contribution in [0, 0.1) is 0 Å². The van der Waals surface area contributed by atoms with Crippen LogP contribution in [0.1, 0.15) is 6.42 Å². The van der Waals surface area contributed by atoms with Gasteiger partial charge in [-0.1, -0.05) is 30.9 Å². The zero-order chi connectivity index (χ0) is 9.95. The minimum absolute atomic E-state index is 0.237. The third-order valence-corrected chi connectivity index (χ3v) is 2.90. The third-order valence-electron chi connectivity index (χ3n) is 1.90. The molecule has 1 aliphatic carbocycles. The highest BCUT2D eigenvalue weighted by Crippen LogP contribution is 2.27.